The van der Waals surface area contributed by atoms with Crippen LogP contribution in [0.25, 0.3) is 0 Å². The number of hydrogen-bond donors (Lipinski definition) is 0. The Morgan fingerprint density at radius 1 is 1.43 bits per heavy atom. The van der Waals surface area contributed by atoms with Gasteiger partial charge in [0.1, 0.15) is 0 Å². The summed E-state index contributed by atoms with van der Waals surface area (Å²) in [6.45, 7) is 0. The number of rotatable bonds is 1. The van der Waals surface area contributed by atoms with E-state index in [1.165, 1.54) is 0 Å². The maximum absolute atomic E-state index is 5.64. The van der Waals surface area contributed by atoms with Crippen molar-refractivity contribution in [2.24, 2.45) is 0 Å². The van der Waals surface area contributed by atoms with Crippen molar-refractivity contribution in [1.29, 1.82) is 0 Å². The summed E-state index contributed by atoms with van der Waals surface area (Å²) in [7, 11) is 7.74. The van der Waals surface area contributed by atoms with Crippen LogP contribution in [0.1, 0.15) is 0 Å². The van der Waals surface area contributed by atoms with E-state index in [1.807, 2.05) is 49.8 Å². The number of hydrogen-bond acceptors (Lipinski definition) is 2. The molecule has 0 radical (unpaired) electrons. The van der Waals surface area contributed by atoms with Gasteiger partial charge in [0, 0.05) is 6.20 Å². The Balaban J connectivity index is 2.82. The second-order valence-electron chi connectivity index (χ2n) is 3.36. The Bertz CT molecular complexity index is 315. The minimum atomic E-state index is 0.741. The summed E-state index contributed by atoms with van der Waals surface area (Å²) in [5.41, 5.74) is 0. The van der Waals surface area contributed by atoms with Gasteiger partial charge < -0.3 is 4.74 Å². The summed E-state index contributed by atoms with van der Waals surface area (Å²) in [6.07, 6.45) is 3.41. The normalized spacial score (nSPS) is 9.43. The Hall–Kier alpha value is -1.58. The number of nitrogens with zero attached hydrogens (tertiary/aromatic N) is 3. The van der Waals surface area contributed by atoms with Crippen LogP contribution in [0, 0.1) is 0 Å². The van der Waals surface area contributed by atoms with Gasteiger partial charge in [0.15, 0.2) is 5.75 Å². The van der Waals surface area contributed by atoms with Crippen molar-refractivity contribution < 1.29 is 9.31 Å². The molecule has 1 aromatic rings. The van der Waals surface area contributed by atoms with Crippen LogP contribution in [-0.2, 0) is 0 Å². The maximum Gasteiger partial charge on any atom is 0.450 e. The topological polar surface area (TPSA) is 28.4 Å². The molecular formula is C10H16N3O+. The lowest BCUT2D eigenvalue weighted by molar-refractivity contribution is -0.478. The van der Waals surface area contributed by atoms with Gasteiger partial charge in [-0.15, -0.1) is 0 Å². The molecule has 0 aliphatic carbocycles. The van der Waals surface area contributed by atoms with E-state index in [2.05, 4.69) is 4.98 Å². The van der Waals surface area contributed by atoms with Crippen LogP contribution in [0.3, 0.4) is 0 Å². The summed E-state index contributed by atoms with van der Waals surface area (Å²) in [5, 5.41) is 0. The lowest BCUT2D eigenvalue weighted by atomic mass is 10.5. The molecule has 0 aliphatic rings. The molecule has 4 nitrogen and oxygen atoms in total. The van der Waals surface area contributed by atoms with Gasteiger partial charge in [-0.25, -0.2) is 9.48 Å². The monoisotopic (exact) mass is 194 g/mol. The Morgan fingerprint density at radius 2 is 2.14 bits per heavy atom. The van der Waals surface area contributed by atoms with Gasteiger partial charge in [-0.1, -0.05) is 0 Å². The standard InChI is InChI=1S/C10H16N3O/c1-12(2)10(13(3)4)14-9-6-5-7-11-8-9/h5-8H,1-4H3/q+1. The summed E-state index contributed by atoms with van der Waals surface area (Å²) in [4.78, 5) is 5.89. The van der Waals surface area contributed by atoms with E-state index in [1.54, 1.807) is 12.4 Å². The van der Waals surface area contributed by atoms with E-state index in [0.717, 1.165) is 11.8 Å². The summed E-state index contributed by atoms with van der Waals surface area (Å²) in [6, 6.07) is 4.50. The fraction of sp³-hybridized carbons (Fsp3) is 0.400. The third-order valence-electron chi connectivity index (χ3n) is 1.61. The predicted octanol–water partition coefficient (Wildman–Crippen LogP) is 0.650. The number of ether oxygens (including phenoxy) is 1. The average molecular weight is 194 g/mol. The largest absolute Gasteiger partial charge is 0.450 e. The number of pyridine rings is 1. The quantitative estimate of drug-likeness (QED) is 0.373. The molecule has 0 aromatic carbocycles. The zero-order valence-corrected chi connectivity index (χ0v) is 9.06. The zero-order chi connectivity index (χ0) is 10.6. The Morgan fingerprint density at radius 3 is 2.57 bits per heavy atom. The summed E-state index contributed by atoms with van der Waals surface area (Å²) in [5.74, 6) is 0.741. The molecule has 0 atom stereocenters. The van der Waals surface area contributed by atoms with Crippen molar-refractivity contribution in [3.05, 3.63) is 24.5 Å². The van der Waals surface area contributed by atoms with Crippen LogP contribution >= 0.6 is 0 Å². The van der Waals surface area contributed by atoms with Crippen molar-refractivity contribution >= 4 is 6.02 Å². The van der Waals surface area contributed by atoms with Gasteiger partial charge in [0.05, 0.1) is 34.4 Å². The number of aromatic nitrogens is 1. The molecule has 0 N–H and O–H groups in total. The van der Waals surface area contributed by atoms with Crippen LogP contribution in [0.5, 0.6) is 5.75 Å². The van der Waals surface area contributed by atoms with Crippen molar-refractivity contribution in [2.45, 2.75) is 0 Å². The molecule has 0 bridgehead atoms. The van der Waals surface area contributed by atoms with E-state index in [0.29, 0.717) is 0 Å². The van der Waals surface area contributed by atoms with E-state index < -0.39 is 0 Å². The van der Waals surface area contributed by atoms with Crippen LogP contribution in [0.4, 0.5) is 0 Å². The molecule has 0 amide bonds. The van der Waals surface area contributed by atoms with Gasteiger partial charge >= 0.3 is 6.02 Å². The zero-order valence-electron chi connectivity index (χ0n) is 9.06. The minimum absolute atomic E-state index is 0.741. The maximum atomic E-state index is 5.64. The molecule has 0 unspecified atom stereocenters. The number of amidine groups is 1. The van der Waals surface area contributed by atoms with Gasteiger partial charge in [-0.2, -0.15) is 0 Å². The van der Waals surface area contributed by atoms with Crippen molar-refractivity contribution in [3.63, 3.8) is 0 Å². The molecule has 0 spiro atoms. The molecule has 1 aromatic heterocycles. The van der Waals surface area contributed by atoms with Crippen LogP contribution < -0.4 is 4.74 Å². The van der Waals surface area contributed by atoms with Gasteiger partial charge in [-0.3, -0.25) is 4.98 Å². The molecule has 14 heavy (non-hydrogen) atoms. The van der Waals surface area contributed by atoms with Crippen LogP contribution in [0.2, 0.25) is 0 Å². The van der Waals surface area contributed by atoms with E-state index in [-0.39, 0.29) is 0 Å². The lowest BCUT2D eigenvalue weighted by Gasteiger charge is -2.10. The second-order valence-corrected chi connectivity index (χ2v) is 3.36. The first-order chi connectivity index (χ1) is 6.61. The third-order valence-corrected chi connectivity index (χ3v) is 1.61. The first-order valence-electron chi connectivity index (χ1n) is 4.40. The van der Waals surface area contributed by atoms with Crippen molar-refractivity contribution in [1.82, 2.24) is 9.88 Å². The highest BCUT2D eigenvalue weighted by atomic mass is 16.5. The molecule has 76 valence electrons. The predicted molar refractivity (Wildman–Crippen MR) is 55.7 cm³/mol. The average Bonchev–Trinajstić information content (AvgIpc) is 2.15. The Kier molecular flexibility index (Phi) is 3.45. The SMILES string of the molecule is CN(C)C(Oc1cccnc1)=[N+](C)C. The van der Waals surface area contributed by atoms with Gasteiger partial charge in [-0.05, 0) is 12.1 Å². The molecule has 4 heteroatoms. The highest BCUT2D eigenvalue weighted by Crippen LogP contribution is 2.06. The Labute approximate surface area is 84.5 Å². The smallest absolute Gasteiger partial charge is 0.391 e. The minimum Gasteiger partial charge on any atom is -0.391 e. The third kappa shape index (κ3) is 2.73. The highest BCUT2D eigenvalue weighted by molar-refractivity contribution is 5.70. The van der Waals surface area contributed by atoms with Crippen molar-refractivity contribution in [2.75, 3.05) is 28.2 Å². The molecule has 1 rings (SSSR count). The van der Waals surface area contributed by atoms with Gasteiger partial charge in [0.2, 0.25) is 0 Å². The first kappa shape index (κ1) is 10.5. The van der Waals surface area contributed by atoms with Gasteiger partial charge in [0.25, 0.3) is 0 Å². The molecule has 0 aliphatic heterocycles. The van der Waals surface area contributed by atoms with E-state index in [9.17, 15) is 0 Å². The summed E-state index contributed by atoms with van der Waals surface area (Å²) < 4.78 is 7.55. The molecule has 1 heterocycles. The highest BCUT2D eigenvalue weighted by Gasteiger charge is 2.13. The molecule has 0 saturated heterocycles. The van der Waals surface area contributed by atoms with E-state index >= 15 is 0 Å². The van der Waals surface area contributed by atoms with E-state index in [4.69, 9.17) is 4.74 Å². The van der Waals surface area contributed by atoms with Crippen LogP contribution in [-0.4, -0.2) is 48.7 Å². The summed E-state index contributed by atoms with van der Waals surface area (Å²) >= 11 is 0. The second kappa shape index (κ2) is 4.60. The lowest BCUT2D eigenvalue weighted by Crippen LogP contribution is -2.34. The molecule has 0 saturated carbocycles. The fourth-order valence-electron chi connectivity index (χ4n) is 1.10. The van der Waals surface area contributed by atoms with Crippen molar-refractivity contribution in [3.8, 4) is 5.75 Å². The first-order valence-corrected chi connectivity index (χ1v) is 4.40. The fourth-order valence-corrected chi connectivity index (χ4v) is 1.10. The van der Waals surface area contributed by atoms with Crippen LogP contribution in [0.15, 0.2) is 24.5 Å². The molecular weight excluding hydrogens is 178 g/mol. The molecule has 0 fully saturated rings.